The lowest BCUT2D eigenvalue weighted by Gasteiger charge is -2.49. The summed E-state index contributed by atoms with van der Waals surface area (Å²) in [5, 5.41) is 14.7. The topological polar surface area (TPSA) is 67.6 Å². The van der Waals surface area contributed by atoms with Crippen molar-refractivity contribution < 1.29 is 9.66 Å². The van der Waals surface area contributed by atoms with Gasteiger partial charge in [0.15, 0.2) is 0 Å². The Labute approximate surface area is 123 Å². The summed E-state index contributed by atoms with van der Waals surface area (Å²) in [5.74, 6) is 0.384. The van der Waals surface area contributed by atoms with Crippen LogP contribution >= 0.6 is 0 Å². The molecule has 21 heavy (non-hydrogen) atoms. The van der Waals surface area contributed by atoms with Gasteiger partial charge >= 0.3 is 0 Å². The van der Waals surface area contributed by atoms with Gasteiger partial charge in [0.25, 0.3) is 5.69 Å². The van der Waals surface area contributed by atoms with Gasteiger partial charge in [-0.1, -0.05) is 0 Å². The zero-order chi connectivity index (χ0) is 14.4. The van der Waals surface area contributed by atoms with Crippen LogP contribution < -0.4 is 10.2 Å². The highest BCUT2D eigenvalue weighted by atomic mass is 16.6. The van der Waals surface area contributed by atoms with Crippen LogP contribution in [0.3, 0.4) is 0 Å². The molecule has 6 nitrogen and oxygen atoms in total. The highest BCUT2D eigenvalue weighted by Gasteiger charge is 2.42. The maximum absolute atomic E-state index is 11.2. The molecule has 2 heterocycles. The van der Waals surface area contributed by atoms with E-state index in [2.05, 4.69) is 10.2 Å². The number of ether oxygens (including phenoxy) is 1. The average Bonchev–Trinajstić information content (AvgIpc) is 3.29. The normalized spacial score (nSPS) is 23.9. The number of nitrogens with zero attached hydrogens (tertiary/aromatic N) is 2. The van der Waals surface area contributed by atoms with Crippen molar-refractivity contribution in [1.82, 2.24) is 5.32 Å². The van der Waals surface area contributed by atoms with E-state index >= 15 is 0 Å². The van der Waals surface area contributed by atoms with Crippen LogP contribution in [0.5, 0.6) is 0 Å². The molecular weight excluding hydrogens is 270 g/mol. The Bertz CT molecular complexity index is 582. The third kappa shape index (κ3) is 2.28. The van der Waals surface area contributed by atoms with Gasteiger partial charge in [-0.25, -0.2) is 0 Å². The lowest BCUT2D eigenvalue weighted by molar-refractivity contribution is -0.385. The van der Waals surface area contributed by atoms with Crippen molar-refractivity contribution in [2.75, 3.05) is 37.7 Å². The molecule has 1 saturated carbocycles. The quantitative estimate of drug-likeness (QED) is 0.677. The molecule has 1 aliphatic carbocycles. The van der Waals surface area contributed by atoms with E-state index in [1.54, 1.807) is 6.07 Å². The van der Waals surface area contributed by atoms with E-state index in [4.69, 9.17) is 4.74 Å². The summed E-state index contributed by atoms with van der Waals surface area (Å²) in [6.45, 7) is 4.29. The summed E-state index contributed by atoms with van der Waals surface area (Å²) in [4.78, 5) is 13.2. The molecule has 1 spiro atoms. The Morgan fingerprint density at radius 3 is 2.81 bits per heavy atom. The Hall–Kier alpha value is -1.66. The fourth-order valence-corrected chi connectivity index (χ4v) is 3.34. The number of rotatable bonds is 3. The standard InChI is InChI=1S/C15H19N3O3/c19-18(20)14-4-3-12(7-13(14)11-1-2-11)17-6-5-16-15(8-17)9-21-10-15/h3-4,7,11,16H,1-2,5-6,8-10H2. The van der Waals surface area contributed by atoms with Gasteiger partial charge in [0.2, 0.25) is 0 Å². The van der Waals surface area contributed by atoms with Crippen LogP contribution in [0.25, 0.3) is 0 Å². The fourth-order valence-electron chi connectivity index (χ4n) is 3.34. The van der Waals surface area contributed by atoms with Crippen LogP contribution in [-0.2, 0) is 4.74 Å². The van der Waals surface area contributed by atoms with Crippen molar-refractivity contribution in [3.05, 3.63) is 33.9 Å². The molecular formula is C15H19N3O3. The first kappa shape index (κ1) is 13.0. The smallest absolute Gasteiger partial charge is 0.273 e. The fraction of sp³-hybridized carbons (Fsp3) is 0.600. The molecule has 2 saturated heterocycles. The molecule has 1 aromatic carbocycles. The third-order valence-corrected chi connectivity index (χ3v) is 4.72. The summed E-state index contributed by atoms with van der Waals surface area (Å²) < 4.78 is 5.34. The van der Waals surface area contributed by atoms with E-state index in [0.29, 0.717) is 5.92 Å². The van der Waals surface area contributed by atoms with Gasteiger partial charge in [-0.15, -0.1) is 0 Å². The molecule has 0 unspecified atom stereocenters. The molecule has 2 aliphatic heterocycles. The number of hydrogen-bond acceptors (Lipinski definition) is 5. The highest BCUT2D eigenvalue weighted by Crippen LogP contribution is 2.45. The zero-order valence-corrected chi connectivity index (χ0v) is 11.9. The number of nitro benzene ring substituents is 1. The number of nitrogens with one attached hydrogen (secondary N) is 1. The van der Waals surface area contributed by atoms with Crippen LogP contribution in [-0.4, -0.2) is 43.3 Å². The summed E-state index contributed by atoms with van der Waals surface area (Å²) in [5.41, 5.74) is 2.38. The zero-order valence-electron chi connectivity index (χ0n) is 11.9. The lowest BCUT2D eigenvalue weighted by atomic mass is 9.94. The van der Waals surface area contributed by atoms with E-state index in [9.17, 15) is 10.1 Å². The second kappa shape index (κ2) is 4.68. The van der Waals surface area contributed by atoms with E-state index in [1.807, 2.05) is 12.1 Å². The maximum Gasteiger partial charge on any atom is 0.273 e. The molecule has 1 aromatic rings. The molecule has 1 N–H and O–H groups in total. The Kier molecular flexibility index (Phi) is 2.90. The first-order chi connectivity index (χ1) is 10.2. The minimum atomic E-state index is -0.254. The van der Waals surface area contributed by atoms with Crippen LogP contribution in [0.1, 0.15) is 24.3 Å². The van der Waals surface area contributed by atoms with Crippen molar-refractivity contribution in [3.8, 4) is 0 Å². The molecule has 0 aromatic heterocycles. The van der Waals surface area contributed by atoms with E-state index in [0.717, 1.165) is 56.9 Å². The van der Waals surface area contributed by atoms with E-state index in [1.165, 1.54) is 0 Å². The first-order valence-corrected chi connectivity index (χ1v) is 7.53. The molecule has 0 bridgehead atoms. The highest BCUT2D eigenvalue weighted by molar-refractivity contribution is 5.58. The Balaban J connectivity index is 1.62. The second-order valence-electron chi connectivity index (χ2n) is 6.40. The largest absolute Gasteiger partial charge is 0.377 e. The Morgan fingerprint density at radius 2 is 2.19 bits per heavy atom. The van der Waals surface area contributed by atoms with Crippen molar-refractivity contribution in [1.29, 1.82) is 0 Å². The second-order valence-corrected chi connectivity index (χ2v) is 6.40. The predicted octanol–water partition coefficient (Wildman–Crippen LogP) is 1.65. The van der Waals surface area contributed by atoms with Crippen molar-refractivity contribution >= 4 is 11.4 Å². The van der Waals surface area contributed by atoms with Gasteiger partial charge in [-0.05, 0) is 30.9 Å². The third-order valence-electron chi connectivity index (χ3n) is 4.72. The molecule has 112 valence electrons. The molecule has 6 heteroatoms. The van der Waals surface area contributed by atoms with E-state index in [-0.39, 0.29) is 16.1 Å². The number of piperazine rings is 1. The average molecular weight is 289 g/mol. The molecule has 0 amide bonds. The summed E-state index contributed by atoms with van der Waals surface area (Å²) >= 11 is 0. The van der Waals surface area contributed by atoms with Gasteiger partial charge < -0.3 is 15.0 Å². The molecule has 0 radical (unpaired) electrons. The Morgan fingerprint density at radius 1 is 1.38 bits per heavy atom. The van der Waals surface area contributed by atoms with Crippen LogP contribution in [0.4, 0.5) is 11.4 Å². The molecule has 3 fully saturated rings. The summed E-state index contributed by atoms with van der Waals surface area (Å²) in [6.07, 6.45) is 2.15. The van der Waals surface area contributed by atoms with Crippen molar-refractivity contribution in [2.45, 2.75) is 24.3 Å². The number of anilines is 1. The van der Waals surface area contributed by atoms with Crippen LogP contribution in [0, 0.1) is 10.1 Å². The van der Waals surface area contributed by atoms with Gasteiger partial charge in [0.1, 0.15) is 0 Å². The van der Waals surface area contributed by atoms with Gasteiger partial charge in [-0.3, -0.25) is 10.1 Å². The van der Waals surface area contributed by atoms with Crippen LogP contribution in [0.2, 0.25) is 0 Å². The molecule has 3 aliphatic rings. The number of hydrogen-bond donors (Lipinski definition) is 1. The molecule has 4 rings (SSSR count). The van der Waals surface area contributed by atoms with Crippen molar-refractivity contribution in [2.24, 2.45) is 0 Å². The van der Waals surface area contributed by atoms with Crippen LogP contribution in [0.15, 0.2) is 18.2 Å². The number of benzene rings is 1. The monoisotopic (exact) mass is 289 g/mol. The van der Waals surface area contributed by atoms with Gasteiger partial charge in [-0.2, -0.15) is 0 Å². The minimum absolute atomic E-state index is 0.0831. The number of nitro groups is 1. The van der Waals surface area contributed by atoms with Gasteiger partial charge in [0, 0.05) is 37.0 Å². The maximum atomic E-state index is 11.2. The van der Waals surface area contributed by atoms with Crippen molar-refractivity contribution in [3.63, 3.8) is 0 Å². The van der Waals surface area contributed by atoms with Gasteiger partial charge in [0.05, 0.1) is 23.7 Å². The lowest BCUT2D eigenvalue weighted by Crippen LogP contribution is -2.70. The SMILES string of the molecule is O=[N+]([O-])c1ccc(N2CCNC3(COC3)C2)cc1C1CC1. The first-order valence-electron chi connectivity index (χ1n) is 7.53. The molecule has 0 atom stereocenters. The summed E-state index contributed by atoms with van der Waals surface area (Å²) in [6, 6.07) is 5.60. The minimum Gasteiger partial charge on any atom is -0.377 e. The predicted molar refractivity (Wildman–Crippen MR) is 78.8 cm³/mol. The van der Waals surface area contributed by atoms with E-state index < -0.39 is 0 Å². The summed E-state index contributed by atoms with van der Waals surface area (Å²) in [7, 11) is 0.